The first-order chi connectivity index (χ1) is 11.3. The van der Waals surface area contributed by atoms with E-state index >= 15 is 0 Å². The van der Waals surface area contributed by atoms with Crippen molar-refractivity contribution in [1.82, 2.24) is 20.4 Å². The molecule has 6 nitrogen and oxygen atoms in total. The van der Waals surface area contributed by atoms with Crippen LogP contribution in [0.1, 0.15) is 18.5 Å². The molecule has 0 saturated carbocycles. The van der Waals surface area contributed by atoms with Gasteiger partial charge in [-0.25, -0.2) is 0 Å². The smallest absolute Gasteiger partial charge is 0.120 e. The van der Waals surface area contributed by atoms with E-state index in [2.05, 4.69) is 33.5 Å². The number of hydrogen-bond acceptors (Lipinski definition) is 5. The predicted molar refractivity (Wildman–Crippen MR) is 90.8 cm³/mol. The molecule has 0 unspecified atom stereocenters. The minimum Gasteiger partial charge on any atom is -0.490 e. The maximum absolute atomic E-state index is 6.11. The molecule has 1 saturated heterocycles. The van der Waals surface area contributed by atoms with Crippen molar-refractivity contribution < 1.29 is 9.47 Å². The average Bonchev–Trinajstić information content (AvgIpc) is 2.96. The molecule has 2 heterocycles. The number of hydrogen-bond donors (Lipinski definition) is 2. The normalized spacial score (nSPS) is 16.3. The van der Waals surface area contributed by atoms with Crippen molar-refractivity contribution in [2.75, 3.05) is 40.4 Å². The van der Waals surface area contributed by atoms with E-state index in [1.54, 1.807) is 0 Å². The van der Waals surface area contributed by atoms with Crippen molar-refractivity contribution in [2.24, 2.45) is 0 Å². The lowest BCUT2D eigenvalue weighted by Gasteiger charge is -2.23. The Morgan fingerprint density at radius 2 is 2.22 bits per heavy atom. The Labute approximate surface area is 137 Å². The highest BCUT2D eigenvalue weighted by atomic mass is 16.5. The molecule has 2 aromatic rings. The summed E-state index contributed by atoms with van der Waals surface area (Å²) in [7, 11) is 4.09. The van der Waals surface area contributed by atoms with E-state index in [0.29, 0.717) is 0 Å². The van der Waals surface area contributed by atoms with Crippen LogP contribution in [0.4, 0.5) is 0 Å². The van der Waals surface area contributed by atoms with Gasteiger partial charge in [0.15, 0.2) is 0 Å². The zero-order valence-electron chi connectivity index (χ0n) is 14.0. The highest BCUT2D eigenvalue weighted by molar-refractivity contribution is 5.82. The second-order valence-corrected chi connectivity index (χ2v) is 6.15. The second-order valence-electron chi connectivity index (χ2n) is 6.15. The highest BCUT2D eigenvalue weighted by Gasteiger charge is 2.16. The first-order valence-corrected chi connectivity index (χ1v) is 8.31. The summed E-state index contributed by atoms with van der Waals surface area (Å²) in [5.74, 6) is 0.921. The number of aromatic amines is 1. The van der Waals surface area contributed by atoms with Crippen LogP contribution < -0.4 is 10.1 Å². The Morgan fingerprint density at radius 1 is 1.39 bits per heavy atom. The zero-order chi connectivity index (χ0) is 16.1. The van der Waals surface area contributed by atoms with Gasteiger partial charge in [0.05, 0.1) is 24.4 Å². The van der Waals surface area contributed by atoms with Crippen LogP contribution in [-0.4, -0.2) is 61.6 Å². The molecule has 126 valence electrons. The predicted octanol–water partition coefficient (Wildman–Crippen LogP) is 1.77. The van der Waals surface area contributed by atoms with Crippen molar-refractivity contribution in [3.05, 3.63) is 23.9 Å². The van der Waals surface area contributed by atoms with Gasteiger partial charge >= 0.3 is 0 Å². The van der Waals surface area contributed by atoms with Gasteiger partial charge in [-0.05, 0) is 32.3 Å². The van der Waals surface area contributed by atoms with Crippen LogP contribution in [0.25, 0.3) is 10.9 Å². The molecule has 3 rings (SSSR count). The number of aromatic nitrogens is 2. The molecule has 1 aromatic heterocycles. The summed E-state index contributed by atoms with van der Waals surface area (Å²) in [5.41, 5.74) is 2.12. The fraction of sp³-hybridized carbons (Fsp3) is 0.588. The van der Waals surface area contributed by atoms with Crippen LogP contribution in [0.2, 0.25) is 0 Å². The van der Waals surface area contributed by atoms with E-state index in [9.17, 15) is 0 Å². The van der Waals surface area contributed by atoms with E-state index < -0.39 is 0 Å². The summed E-state index contributed by atoms with van der Waals surface area (Å²) < 4.78 is 11.5. The third-order valence-electron chi connectivity index (χ3n) is 4.25. The van der Waals surface area contributed by atoms with E-state index in [1.807, 2.05) is 19.2 Å². The second kappa shape index (κ2) is 7.77. The standard InChI is InChI=1S/C17H26N4O2/c1-18-7-8-21(2)12-17-15-11-14(3-4-16(15)19-20-17)23-13-5-9-22-10-6-13/h3-4,11,13,18H,5-10,12H2,1-2H3,(H,19,20). The largest absolute Gasteiger partial charge is 0.490 e. The number of ether oxygens (including phenoxy) is 2. The van der Waals surface area contributed by atoms with E-state index in [4.69, 9.17) is 9.47 Å². The van der Waals surface area contributed by atoms with Crippen molar-refractivity contribution in [2.45, 2.75) is 25.5 Å². The van der Waals surface area contributed by atoms with Crippen LogP contribution in [0, 0.1) is 0 Å². The maximum Gasteiger partial charge on any atom is 0.120 e. The molecule has 6 heteroatoms. The third-order valence-corrected chi connectivity index (χ3v) is 4.25. The molecule has 0 bridgehead atoms. The molecule has 0 radical (unpaired) electrons. The lowest BCUT2D eigenvalue weighted by molar-refractivity contribution is 0.0256. The van der Waals surface area contributed by atoms with Gasteiger partial charge in [0.25, 0.3) is 0 Å². The lowest BCUT2D eigenvalue weighted by atomic mass is 10.1. The van der Waals surface area contributed by atoms with Crippen molar-refractivity contribution in [3.8, 4) is 5.75 Å². The molecule has 0 atom stereocenters. The first-order valence-electron chi connectivity index (χ1n) is 8.31. The molecule has 0 amide bonds. The van der Waals surface area contributed by atoms with Crippen molar-refractivity contribution in [1.29, 1.82) is 0 Å². The van der Waals surface area contributed by atoms with Gasteiger partial charge < -0.3 is 14.8 Å². The molecule has 2 N–H and O–H groups in total. The number of benzene rings is 1. The molecule has 1 aliphatic heterocycles. The first kappa shape index (κ1) is 16.2. The topological polar surface area (TPSA) is 62.4 Å². The Balaban J connectivity index is 1.71. The minimum absolute atomic E-state index is 0.259. The summed E-state index contributed by atoms with van der Waals surface area (Å²) in [4.78, 5) is 2.27. The Hall–Kier alpha value is -1.63. The average molecular weight is 318 g/mol. The van der Waals surface area contributed by atoms with E-state index in [0.717, 1.165) is 68.0 Å². The van der Waals surface area contributed by atoms with Gasteiger partial charge in [0.2, 0.25) is 0 Å². The number of likely N-dealkylation sites (N-methyl/N-ethyl adjacent to an activating group) is 2. The summed E-state index contributed by atoms with van der Waals surface area (Å²) in [6.45, 7) is 4.40. The number of nitrogens with zero attached hydrogens (tertiary/aromatic N) is 2. The molecule has 23 heavy (non-hydrogen) atoms. The minimum atomic E-state index is 0.259. The third kappa shape index (κ3) is 4.22. The van der Waals surface area contributed by atoms with Gasteiger partial charge in [0, 0.05) is 37.9 Å². The van der Waals surface area contributed by atoms with E-state index in [1.165, 1.54) is 0 Å². The molecular weight excluding hydrogens is 292 g/mol. The van der Waals surface area contributed by atoms with Crippen molar-refractivity contribution >= 4 is 10.9 Å². The number of rotatable bonds is 7. The maximum atomic E-state index is 6.11. The molecular formula is C17H26N4O2. The lowest BCUT2D eigenvalue weighted by Crippen LogP contribution is -2.27. The van der Waals surface area contributed by atoms with Gasteiger partial charge in [-0.3, -0.25) is 10.00 Å². The summed E-state index contributed by atoms with van der Waals surface area (Å²) in [6.07, 6.45) is 2.18. The SMILES string of the molecule is CNCCN(C)Cc1[nH]nc2ccc(OC3CCOCC3)cc12. The monoisotopic (exact) mass is 318 g/mol. The zero-order valence-corrected chi connectivity index (χ0v) is 14.0. The molecule has 1 fully saturated rings. The Morgan fingerprint density at radius 3 is 3.00 bits per heavy atom. The number of nitrogens with one attached hydrogen (secondary N) is 2. The number of fused-ring (bicyclic) bond motifs is 1. The van der Waals surface area contributed by atoms with Gasteiger partial charge in [-0.2, -0.15) is 5.10 Å². The molecule has 0 spiro atoms. The van der Waals surface area contributed by atoms with Gasteiger partial charge in [-0.15, -0.1) is 0 Å². The molecule has 0 aliphatic carbocycles. The Bertz CT molecular complexity index is 622. The van der Waals surface area contributed by atoms with Gasteiger partial charge in [-0.1, -0.05) is 0 Å². The fourth-order valence-electron chi connectivity index (χ4n) is 2.87. The highest BCUT2D eigenvalue weighted by Crippen LogP contribution is 2.25. The van der Waals surface area contributed by atoms with Crippen LogP contribution in [-0.2, 0) is 11.3 Å². The Kier molecular flexibility index (Phi) is 5.48. The molecule has 1 aliphatic rings. The summed E-state index contributed by atoms with van der Waals surface area (Å²) in [6, 6.07) is 6.14. The van der Waals surface area contributed by atoms with Gasteiger partial charge in [0.1, 0.15) is 11.9 Å². The fourth-order valence-corrected chi connectivity index (χ4v) is 2.87. The van der Waals surface area contributed by atoms with E-state index in [-0.39, 0.29) is 6.10 Å². The summed E-state index contributed by atoms with van der Waals surface area (Å²) >= 11 is 0. The number of H-pyrrole nitrogens is 1. The quantitative estimate of drug-likeness (QED) is 0.815. The van der Waals surface area contributed by atoms with Crippen LogP contribution in [0.3, 0.4) is 0 Å². The van der Waals surface area contributed by atoms with Crippen molar-refractivity contribution in [3.63, 3.8) is 0 Å². The van der Waals surface area contributed by atoms with Crippen LogP contribution in [0.15, 0.2) is 18.2 Å². The molecule has 1 aromatic carbocycles. The van der Waals surface area contributed by atoms with Crippen LogP contribution >= 0.6 is 0 Å². The summed E-state index contributed by atoms with van der Waals surface area (Å²) in [5, 5.41) is 11.9. The van der Waals surface area contributed by atoms with Crippen LogP contribution in [0.5, 0.6) is 5.75 Å².